The van der Waals surface area contributed by atoms with Gasteiger partial charge in [0.05, 0.1) is 18.6 Å². The molecule has 4 atom stereocenters. The van der Waals surface area contributed by atoms with Gasteiger partial charge in [0.15, 0.2) is 17.3 Å². The van der Waals surface area contributed by atoms with Crippen LogP contribution >= 0.6 is 0 Å². The second kappa shape index (κ2) is 7.79. The van der Waals surface area contributed by atoms with E-state index < -0.39 is 29.3 Å². The highest BCUT2D eigenvalue weighted by molar-refractivity contribution is 6.13. The Morgan fingerprint density at radius 2 is 1.94 bits per heavy atom. The van der Waals surface area contributed by atoms with E-state index in [4.69, 9.17) is 14.2 Å². The SMILES string of the molecule is COc1ccc(C2=C[C@@]3(C(=O)CO)C(=CC(=O)C4=C[C@H](C)[C@@H](O)C[C@@]43C)C3=C2C2=C(C3)OCO2)cc1. The third-order valence-electron chi connectivity index (χ3n) is 8.58. The van der Waals surface area contributed by atoms with Gasteiger partial charge in [-0.1, -0.05) is 38.1 Å². The van der Waals surface area contributed by atoms with Gasteiger partial charge in [-0.3, -0.25) is 9.59 Å². The van der Waals surface area contributed by atoms with E-state index in [1.165, 1.54) is 0 Å². The van der Waals surface area contributed by atoms with Crippen LogP contribution in [-0.4, -0.2) is 48.4 Å². The van der Waals surface area contributed by atoms with Crippen LogP contribution in [0.2, 0.25) is 0 Å². The van der Waals surface area contributed by atoms with Crippen molar-refractivity contribution in [2.24, 2.45) is 16.7 Å². The van der Waals surface area contributed by atoms with Crippen LogP contribution in [0.15, 0.2) is 76.3 Å². The lowest BCUT2D eigenvalue weighted by Crippen LogP contribution is -2.56. The summed E-state index contributed by atoms with van der Waals surface area (Å²) in [6.45, 7) is 3.15. The van der Waals surface area contributed by atoms with Crippen LogP contribution in [0.4, 0.5) is 0 Å². The van der Waals surface area contributed by atoms with Crippen molar-refractivity contribution < 1.29 is 34.0 Å². The molecule has 7 heteroatoms. The van der Waals surface area contributed by atoms with Crippen LogP contribution in [0.3, 0.4) is 0 Å². The monoisotopic (exact) mass is 488 g/mol. The number of allylic oxidation sites excluding steroid dienone is 6. The van der Waals surface area contributed by atoms with Crippen LogP contribution in [0, 0.1) is 16.7 Å². The van der Waals surface area contributed by atoms with Gasteiger partial charge in [0.2, 0.25) is 6.79 Å². The lowest BCUT2D eigenvalue weighted by Gasteiger charge is -2.55. The number of methoxy groups -OCH3 is 1. The third kappa shape index (κ3) is 2.81. The fourth-order valence-electron chi connectivity index (χ4n) is 6.68. The third-order valence-corrected chi connectivity index (χ3v) is 8.58. The maximum atomic E-state index is 13.9. The number of carbonyl (C=O) groups is 2. The van der Waals surface area contributed by atoms with Crippen LogP contribution < -0.4 is 4.74 Å². The molecule has 1 aliphatic heterocycles. The summed E-state index contributed by atoms with van der Waals surface area (Å²) >= 11 is 0. The second-order valence-corrected chi connectivity index (χ2v) is 10.3. The first kappa shape index (κ1) is 23.0. The smallest absolute Gasteiger partial charge is 0.230 e. The van der Waals surface area contributed by atoms with Gasteiger partial charge in [-0.15, -0.1) is 0 Å². The van der Waals surface area contributed by atoms with Crippen molar-refractivity contribution in [1.82, 2.24) is 0 Å². The zero-order valence-electron chi connectivity index (χ0n) is 20.5. The minimum atomic E-state index is -1.35. The van der Waals surface area contributed by atoms with Gasteiger partial charge in [-0.05, 0) is 46.9 Å². The molecule has 0 spiro atoms. The van der Waals surface area contributed by atoms with E-state index in [-0.39, 0.29) is 24.9 Å². The molecule has 7 nitrogen and oxygen atoms in total. The van der Waals surface area contributed by atoms with Crippen LogP contribution in [0.5, 0.6) is 5.75 Å². The first-order valence-corrected chi connectivity index (χ1v) is 12.2. The Balaban J connectivity index is 1.68. The fourth-order valence-corrected chi connectivity index (χ4v) is 6.68. The highest BCUT2D eigenvalue weighted by atomic mass is 16.7. The van der Waals surface area contributed by atoms with E-state index >= 15 is 0 Å². The lowest BCUT2D eigenvalue weighted by molar-refractivity contribution is -0.134. The molecule has 186 valence electrons. The van der Waals surface area contributed by atoms with E-state index in [0.29, 0.717) is 34.8 Å². The molecule has 36 heavy (non-hydrogen) atoms. The van der Waals surface area contributed by atoms with Crippen LogP contribution in [0.1, 0.15) is 32.3 Å². The Labute approximate surface area is 209 Å². The molecule has 4 aliphatic carbocycles. The zero-order chi connectivity index (χ0) is 25.4. The molecule has 0 saturated carbocycles. The molecule has 1 aromatic rings. The average Bonchev–Trinajstić information content (AvgIpc) is 3.47. The molecule has 6 rings (SSSR count). The lowest BCUT2D eigenvalue weighted by atomic mass is 9.46. The Morgan fingerprint density at radius 3 is 2.64 bits per heavy atom. The molecular formula is C29H28O7. The van der Waals surface area contributed by atoms with Gasteiger partial charge < -0.3 is 24.4 Å². The summed E-state index contributed by atoms with van der Waals surface area (Å²) in [5, 5.41) is 21.2. The molecule has 0 saturated heterocycles. The number of fused-ring (bicyclic) bond motifs is 5. The van der Waals surface area contributed by atoms with Gasteiger partial charge in [-0.25, -0.2) is 0 Å². The van der Waals surface area contributed by atoms with Crippen molar-refractivity contribution in [3.63, 3.8) is 0 Å². The Kier molecular flexibility index (Phi) is 4.98. The topological polar surface area (TPSA) is 102 Å². The molecule has 1 heterocycles. The average molecular weight is 489 g/mol. The van der Waals surface area contributed by atoms with E-state index in [2.05, 4.69) is 0 Å². The van der Waals surface area contributed by atoms with Gasteiger partial charge in [0.1, 0.15) is 18.1 Å². The summed E-state index contributed by atoms with van der Waals surface area (Å²) in [7, 11) is 1.60. The Morgan fingerprint density at radius 1 is 1.19 bits per heavy atom. The summed E-state index contributed by atoms with van der Waals surface area (Å²) in [6.07, 6.45) is 5.08. The van der Waals surface area contributed by atoms with E-state index in [1.807, 2.05) is 44.2 Å². The number of hydrogen-bond donors (Lipinski definition) is 2. The number of ketones is 2. The van der Waals surface area contributed by atoms with Crippen molar-refractivity contribution in [2.75, 3.05) is 20.5 Å². The van der Waals surface area contributed by atoms with Crippen molar-refractivity contribution >= 4 is 17.1 Å². The Hall–Kier alpha value is -3.42. The molecular weight excluding hydrogens is 460 g/mol. The van der Waals surface area contributed by atoms with Crippen LogP contribution in [-0.2, 0) is 19.1 Å². The van der Waals surface area contributed by atoms with Gasteiger partial charge in [0.25, 0.3) is 0 Å². The molecule has 1 aromatic carbocycles. The quantitative estimate of drug-likeness (QED) is 0.670. The minimum absolute atomic E-state index is 0.116. The maximum absolute atomic E-state index is 13.9. The Bertz CT molecular complexity index is 1360. The highest BCUT2D eigenvalue weighted by Crippen LogP contribution is 2.66. The van der Waals surface area contributed by atoms with Crippen molar-refractivity contribution in [1.29, 1.82) is 0 Å². The first-order chi connectivity index (χ1) is 17.2. The molecule has 0 bridgehead atoms. The molecule has 2 N–H and O–H groups in total. The van der Waals surface area contributed by atoms with Gasteiger partial charge in [-0.2, -0.15) is 0 Å². The fraction of sp³-hybridized carbons (Fsp3) is 0.379. The van der Waals surface area contributed by atoms with Crippen molar-refractivity contribution in [3.05, 3.63) is 81.9 Å². The molecule has 0 fully saturated rings. The number of carbonyl (C=O) groups excluding carboxylic acids is 2. The molecule has 0 radical (unpaired) electrons. The standard InChI is InChI=1S/C29H28O7/c1-15-8-21-22(31)10-20-18-9-24-27(36-14-35-24)26(18)19(16-4-6-17(34-3)7-5-16)11-29(20,25(33)13-30)28(21,2)12-23(15)32/h4-8,10-11,15,23,30,32H,9,12-14H2,1-3H3/t15-,23-,28-,29-/m0/s1. The number of aliphatic hydroxyl groups is 2. The summed E-state index contributed by atoms with van der Waals surface area (Å²) in [5.74, 6) is 1.17. The predicted octanol–water partition coefficient (Wildman–Crippen LogP) is 3.40. The summed E-state index contributed by atoms with van der Waals surface area (Å²) in [4.78, 5) is 27.4. The second-order valence-electron chi connectivity index (χ2n) is 10.3. The largest absolute Gasteiger partial charge is 0.497 e. The number of Topliss-reactive ketones (excluding diaryl/α,β-unsaturated/α-hetero) is 1. The maximum Gasteiger partial charge on any atom is 0.230 e. The molecule has 0 aromatic heterocycles. The summed E-state index contributed by atoms with van der Waals surface area (Å²) in [6, 6.07) is 7.53. The molecule has 0 unspecified atom stereocenters. The number of aliphatic hydroxyl groups excluding tert-OH is 2. The molecule has 5 aliphatic rings. The normalized spacial score (nSPS) is 32.4. The van der Waals surface area contributed by atoms with E-state index in [9.17, 15) is 19.8 Å². The van der Waals surface area contributed by atoms with Gasteiger partial charge in [0, 0.05) is 28.9 Å². The molecule has 0 amide bonds. The number of ether oxygens (including phenoxy) is 3. The van der Waals surface area contributed by atoms with Gasteiger partial charge >= 0.3 is 0 Å². The number of rotatable bonds is 4. The summed E-state index contributed by atoms with van der Waals surface area (Å²) in [5.41, 5.74) is 1.86. The minimum Gasteiger partial charge on any atom is -0.497 e. The van der Waals surface area contributed by atoms with Crippen molar-refractivity contribution in [3.8, 4) is 5.75 Å². The van der Waals surface area contributed by atoms with E-state index in [0.717, 1.165) is 22.3 Å². The van der Waals surface area contributed by atoms with E-state index in [1.54, 1.807) is 19.3 Å². The summed E-state index contributed by atoms with van der Waals surface area (Å²) < 4.78 is 17.0. The number of hydrogen-bond acceptors (Lipinski definition) is 7. The highest BCUT2D eigenvalue weighted by Gasteiger charge is 2.63. The van der Waals surface area contributed by atoms with Crippen molar-refractivity contribution in [2.45, 2.75) is 32.8 Å². The number of benzene rings is 1. The first-order valence-electron chi connectivity index (χ1n) is 12.2. The zero-order valence-corrected chi connectivity index (χ0v) is 20.5. The predicted molar refractivity (Wildman–Crippen MR) is 130 cm³/mol. The van der Waals surface area contributed by atoms with Crippen LogP contribution in [0.25, 0.3) is 5.57 Å².